The number of carbonyl (C=O) groups excluding carboxylic acids is 1. The summed E-state index contributed by atoms with van der Waals surface area (Å²) in [5.74, 6) is 0. The molecule has 1 aromatic carbocycles. The van der Waals surface area contributed by atoms with Crippen LogP contribution in [0.1, 0.15) is 20.8 Å². The first-order chi connectivity index (χ1) is 8.87. The summed E-state index contributed by atoms with van der Waals surface area (Å²) in [5, 5.41) is 0. The van der Waals surface area contributed by atoms with Crippen LogP contribution in [0.5, 0.6) is 0 Å². The highest BCUT2D eigenvalue weighted by atomic mass is 16.6. The largest absolute Gasteiger partial charge is 0.444 e. The van der Waals surface area contributed by atoms with Crippen LogP contribution in [-0.4, -0.2) is 42.8 Å². The Labute approximate surface area is 115 Å². The molecule has 0 aliphatic carbocycles. The molecule has 1 aliphatic heterocycles. The van der Waals surface area contributed by atoms with Gasteiger partial charge < -0.3 is 14.5 Å². The van der Waals surface area contributed by atoms with Gasteiger partial charge in [0.15, 0.2) is 0 Å². The first-order valence-electron chi connectivity index (χ1n) is 6.62. The maximum atomic E-state index is 11.8. The average Bonchev–Trinajstić information content (AvgIpc) is 2.25. The minimum atomic E-state index is -0.423. The Bertz CT molecular complexity index is 433. The molecule has 1 amide bonds. The molecule has 1 saturated heterocycles. The third-order valence-corrected chi connectivity index (χ3v) is 3.23. The van der Waals surface area contributed by atoms with Crippen LogP contribution >= 0.6 is 0 Å². The standard InChI is InChI=1S/C15H22N2O2/c1-15(2,3)19-14(18)17-10-13(11-17)16(4)12-8-6-5-7-9-12/h5-9,13H,10-11H2,1-4H3. The van der Waals surface area contributed by atoms with E-state index in [2.05, 4.69) is 24.1 Å². The van der Waals surface area contributed by atoms with E-state index < -0.39 is 5.60 Å². The molecule has 1 heterocycles. The van der Waals surface area contributed by atoms with Crippen molar-refractivity contribution in [3.63, 3.8) is 0 Å². The molecule has 0 bridgehead atoms. The minimum Gasteiger partial charge on any atom is -0.444 e. The molecule has 4 nitrogen and oxygen atoms in total. The fourth-order valence-electron chi connectivity index (χ4n) is 2.05. The Morgan fingerprint density at radius 1 is 1.26 bits per heavy atom. The predicted octanol–water partition coefficient (Wildman–Crippen LogP) is 2.74. The fraction of sp³-hybridized carbons (Fsp3) is 0.533. The molecular weight excluding hydrogens is 240 g/mol. The summed E-state index contributed by atoms with van der Waals surface area (Å²) in [4.78, 5) is 15.8. The number of benzene rings is 1. The van der Waals surface area contributed by atoms with Crippen LogP contribution in [-0.2, 0) is 4.74 Å². The van der Waals surface area contributed by atoms with E-state index >= 15 is 0 Å². The summed E-state index contributed by atoms with van der Waals surface area (Å²) < 4.78 is 5.34. The van der Waals surface area contributed by atoms with Crippen LogP contribution in [0.3, 0.4) is 0 Å². The topological polar surface area (TPSA) is 32.8 Å². The van der Waals surface area contributed by atoms with Crippen molar-refractivity contribution in [3.05, 3.63) is 30.3 Å². The maximum absolute atomic E-state index is 11.8. The van der Waals surface area contributed by atoms with Gasteiger partial charge in [0.05, 0.1) is 6.04 Å². The van der Waals surface area contributed by atoms with Crippen molar-refractivity contribution >= 4 is 11.8 Å². The van der Waals surface area contributed by atoms with Gasteiger partial charge >= 0.3 is 6.09 Å². The van der Waals surface area contributed by atoms with Crippen molar-refractivity contribution in [1.82, 2.24) is 4.90 Å². The number of likely N-dealkylation sites (tertiary alicyclic amines) is 1. The van der Waals surface area contributed by atoms with Crippen LogP contribution in [0.15, 0.2) is 30.3 Å². The SMILES string of the molecule is CN(c1ccccc1)C1CN(C(=O)OC(C)(C)C)C1. The first kappa shape index (κ1) is 13.7. The quantitative estimate of drug-likeness (QED) is 0.821. The van der Waals surface area contributed by atoms with Crippen molar-refractivity contribution in [2.24, 2.45) is 0 Å². The molecule has 1 aliphatic rings. The normalized spacial score (nSPS) is 15.9. The van der Waals surface area contributed by atoms with Crippen LogP contribution in [0, 0.1) is 0 Å². The summed E-state index contributed by atoms with van der Waals surface area (Å²) >= 11 is 0. The van der Waals surface area contributed by atoms with E-state index in [1.165, 1.54) is 5.69 Å². The number of hydrogen-bond donors (Lipinski definition) is 0. The number of nitrogens with zero attached hydrogens (tertiary/aromatic N) is 2. The molecule has 0 aromatic heterocycles. The van der Waals surface area contributed by atoms with E-state index in [0.29, 0.717) is 6.04 Å². The molecule has 0 unspecified atom stereocenters. The van der Waals surface area contributed by atoms with Gasteiger partial charge in [-0.3, -0.25) is 0 Å². The van der Waals surface area contributed by atoms with Gasteiger partial charge in [0.1, 0.15) is 5.60 Å². The first-order valence-corrected chi connectivity index (χ1v) is 6.62. The maximum Gasteiger partial charge on any atom is 0.410 e. The van der Waals surface area contributed by atoms with E-state index in [-0.39, 0.29) is 6.09 Å². The molecular formula is C15H22N2O2. The van der Waals surface area contributed by atoms with Gasteiger partial charge in [0, 0.05) is 25.8 Å². The molecule has 4 heteroatoms. The molecule has 0 atom stereocenters. The number of likely N-dealkylation sites (N-methyl/N-ethyl adjacent to an activating group) is 1. The number of carbonyl (C=O) groups is 1. The van der Waals surface area contributed by atoms with Gasteiger partial charge in [0.2, 0.25) is 0 Å². The van der Waals surface area contributed by atoms with Crippen LogP contribution in [0.4, 0.5) is 10.5 Å². The van der Waals surface area contributed by atoms with Crippen LogP contribution in [0.25, 0.3) is 0 Å². The zero-order chi connectivity index (χ0) is 14.0. The van der Waals surface area contributed by atoms with E-state index in [0.717, 1.165) is 13.1 Å². The highest BCUT2D eigenvalue weighted by molar-refractivity contribution is 5.70. The fourth-order valence-corrected chi connectivity index (χ4v) is 2.05. The van der Waals surface area contributed by atoms with Crippen LogP contribution < -0.4 is 4.90 Å². The third-order valence-electron chi connectivity index (χ3n) is 3.23. The Balaban J connectivity index is 1.85. The zero-order valence-corrected chi connectivity index (χ0v) is 12.1. The number of para-hydroxylation sites is 1. The second-order valence-electron chi connectivity index (χ2n) is 5.99. The molecule has 0 N–H and O–H groups in total. The summed E-state index contributed by atoms with van der Waals surface area (Å²) in [6.45, 7) is 7.11. The zero-order valence-electron chi connectivity index (χ0n) is 12.1. The Morgan fingerprint density at radius 3 is 2.37 bits per heavy atom. The summed E-state index contributed by atoms with van der Waals surface area (Å²) in [6.07, 6.45) is -0.217. The van der Waals surface area contributed by atoms with Gasteiger partial charge in [0.25, 0.3) is 0 Å². The number of amides is 1. The summed E-state index contributed by atoms with van der Waals surface area (Å²) in [7, 11) is 2.06. The lowest BCUT2D eigenvalue weighted by Gasteiger charge is -2.44. The molecule has 2 rings (SSSR count). The van der Waals surface area contributed by atoms with Crippen molar-refractivity contribution in [2.45, 2.75) is 32.4 Å². The van der Waals surface area contributed by atoms with E-state index in [1.54, 1.807) is 4.90 Å². The Morgan fingerprint density at radius 2 is 1.84 bits per heavy atom. The van der Waals surface area contributed by atoms with E-state index in [9.17, 15) is 4.79 Å². The summed E-state index contributed by atoms with van der Waals surface area (Å²) in [6, 6.07) is 10.6. The van der Waals surface area contributed by atoms with E-state index in [1.807, 2.05) is 39.0 Å². The molecule has 0 radical (unpaired) electrons. The second kappa shape index (κ2) is 5.11. The van der Waals surface area contributed by atoms with Crippen molar-refractivity contribution < 1.29 is 9.53 Å². The van der Waals surface area contributed by atoms with Gasteiger partial charge in [-0.15, -0.1) is 0 Å². The van der Waals surface area contributed by atoms with Crippen molar-refractivity contribution in [3.8, 4) is 0 Å². The third kappa shape index (κ3) is 3.40. The highest BCUT2D eigenvalue weighted by Crippen LogP contribution is 2.22. The molecule has 19 heavy (non-hydrogen) atoms. The van der Waals surface area contributed by atoms with Gasteiger partial charge in [-0.05, 0) is 32.9 Å². The lowest BCUT2D eigenvalue weighted by atomic mass is 10.1. The van der Waals surface area contributed by atoms with Gasteiger partial charge in [-0.1, -0.05) is 18.2 Å². The lowest BCUT2D eigenvalue weighted by molar-refractivity contribution is 0.00852. The van der Waals surface area contributed by atoms with Gasteiger partial charge in [-0.25, -0.2) is 4.79 Å². The minimum absolute atomic E-state index is 0.217. The van der Waals surface area contributed by atoms with E-state index in [4.69, 9.17) is 4.74 Å². The lowest BCUT2D eigenvalue weighted by Crippen LogP contribution is -2.61. The summed E-state index contributed by atoms with van der Waals surface area (Å²) in [5.41, 5.74) is 0.754. The van der Waals surface area contributed by atoms with Crippen LogP contribution in [0.2, 0.25) is 0 Å². The van der Waals surface area contributed by atoms with Crippen molar-refractivity contribution in [2.75, 3.05) is 25.0 Å². The monoisotopic (exact) mass is 262 g/mol. The second-order valence-corrected chi connectivity index (χ2v) is 5.99. The number of ether oxygens (including phenoxy) is 1. The number of anilines is 1. The predicted molar refractivity (Wildman–Crippen MR) is 76.4 cm³/mol. The molecule has 0 saturated carbocycles. The van der Waals surface area contributed by atoms with Gasteiger partial charge in [-0.2, -0.15) is 0 Å². The molecule has 104 valence electrons. The highest BCUT2D eigenvalue weighted by Gasteiger charge is 2.35. The number of hydrogen-bond acceptors (Lipinski definition) is 3. The van der Waals surface area contributed by atoms with Crippen molar-refractivity contribution in [1.29, 1.82) is 0 Å². The average molecular weight is 262 g/mol. The molecule has 1 aromatic rings. The molecule has 1 fully saturated rings. The Hall–Kier alpha value is -1.71. The Kier molecular flexibility index (Phi) is 3.69. The molecule has 0 spiro atoms. The smallest absolute Gasteiger partial charge is 0.410 e. The number of rotatable bonds is 2.